The van der Waals surface area contributed by atoms with Crippen LogP contribution < -0.4 is 15.1 Å². The van der Waals surface area contributed by atoms with Crippen LogP contribution in [0.3, 0.4) is 0 Å². The molecule has 0 bridgehead atoms. The minimum Gasteiger partial charge on any atom is -0.378 e. The van der Waals surface area contributed by atoms with Crippen molar-refractivity contribution in [1.82, 2.24) is 0 Å². The molecule has 5 nitrogen and oxygen atoms in total. The number of hydrogen-bond acceptors (Lipinski definition) is 5. The molecule has 2 saturated heterocycles. The molecule has 3 aromatic rings. The number of carbonyl (C=O) groups is 1. The van der Waals surface area contributed by atoms with Gasteiger partial charge < -0.3 is 19.9 Å². The van der Waals surface area contributed by atoms with Crippen molar-refractivity contribution < 1.29 is 13.9 Å². The van der Waals surface area contributed by atoms with Gasteiger partial charge >= 0.3 is 0 Å². The average molecular weight is 452 g/mol. The normalized spacial score (nSPS) is 16.4. The molecular weight excluding hydrogens is 425 g/mol. The van der Waals surface area contributed by atoms with Crippen molar-refractivity contribution in [2.45, 2.75) is 12.8 Å². The Balaban J connectivity index is 1.48. The molecule has 0 spiro atoms. The summed E-state index contributed by atoms with van der Waals surface area (Å²) in [5, 5.41) is 3.93. The molecule has 0 unspecified atom stereocenters. The van der Waals surface area contributed by atoms with E-state index in [9.17, 15) is 9.18 Å². The fraction of sp³-hybridized carbons (Fsp3) is 0.320. The largest absolute Gasteiger partial charge is 0.378 e. The van der Waals surface area contributed by atoms with E-state index in [0.29, 0.717) is 18.1 Å². The first-order chi connectivity index (χ1) is 15.7. The number of carbonyl (C=O) groups excluding carboxylic acids is 1. The Morgan fingerprint density at radius 3 is 2.44 bits per heavy atom. The number of nitrogens with zero attached hydrogens (tertiary/aromatic N) is 2. The third-order valence-electron chi connectivity index (χ3n) is 6.00. The minimum absolute atomic E-state index is 0.266. The van der Waals surface area contributed by atoms with Crippen LogP contribution in [-0.4, -0.2) is 45.3 Å². The minimum atomic E-state index is -0.406. The highest BCUT2D eigenvalue weighted by Crippen LogP contribution is 2.40. The van der Waals surface area contributed by atoms with Crippen LogP contribution in [0.1, 0.15) is 22.5 Å². The highest BCUT2D eigenvalue weighted by atomic mass is 32.1. The van der Waals surface area contributed by atoms with Gasteiger partial charge in [0.05, 0.1) is 28.8 Å². The Morgan fingerprint density at radius 1 is 0.938 bits per heavy atom. The lowest BCUT2D eigenvalue weighted by atomic mass is 10.1. The lowest BCUT2D eigenvalue weighted by Gasteiger charge is -2.28. The number of para-hydroxylation sites is 1. The molecule has 0 atom stereocenters. The van der Waals surface area contributed by atoms with Gasteiger partial charge in [-0.25, -0.2) is 4.39 Å². The van der Waals surface area contributed by atoms with Crippen LogP contribution in [0.5, 0.6) is 0 Å². The van der Waals surface area contributed by atoms with Crippen LogP contribution in [0.4, 0.5) is 20.8 Å². The van der Waals surface area contributed by atoms with Gasteiger partial charge in [0.25, 0.3) is 5.91 Å². The van der Waals surface area contributed by atoms with E-state index in [2.05, 4.69) is 27.2 Å². The van der Waals surface area contributed by atoms with Crippen LogP contribution in [0, 0.1) is 5.82 Å². The van der Waals surface area contributed by atoms with E-state index in [1.807, 2.05) is 30.3 Å². The summed E-state index contributed by atoms with van der Waals surface area (Å²) < 4.78 is 20.3. The number of nitrogens with one attached hydrogen (secondary N) is 1. The third-order valence-corrected chi connectivity index (χ3v) is 7.19. The molecule has 2 aromatic carbocycles. The predicted molar refractivity (Wildman–Crippen MR) is 129 cm³/mol. The molecule has 7 heteroatoms. The van der Waals surface area contributed by atoms with E-state index in [-0.39, 0.29) is 11.6 Å². The van der Waals surface area contributed by atoms with E-state index in [1.165, 1.54) is 17.4 Å². The molecule has 3 heterocycles. The van der Waals surface area contributed by atoms with Crippen LogP contribution >= 0.6 is 11.3 Å². The molecular formula is C25H26FN3O2S. The van der Waals surface area contributed by atoms with E-state index < -0.39 is 5.82 Å². The van der Waals surface area contributed by atoms with E-state index in [1.54, 1.807) is 6.07 Å². The Morgan fingerprint density at radius 2 is 1.69 bits per heavy atom. The molecule has 166 valence electrons. The summed E-state index contributed by atoms with van der Waals surface area (Å²) in [4.78, 5) is 18.3. The maximum atomic E-state index is 14.8. The van der Waals surface area contributed by atoms with Crippen LogP contribution in [-0.2, 0) is 4.74 Å². The highest BCUT2D eigenvalue weighted by molar-refractivity contribution is 7.18. The second-order valence-electron chi connectivity index (χ2n) is 8.08. The van der Waals surface area contributed by atoms with E-state index >= 15 is 0 Å². The SMILES string of the molecule is O=C(Nc1c(F)cccc1N1CCCC1)c1cc(-c2ccccc2)c(N2CCOCC2)s1. The number of amides is 1. The highest BCUT2D eigenvalue weighted by Gasteiger charge is 2.24. The van der Waals surface area contributed by atoms with Crippen molar-refractivity contribution in [1.29, 1.82) is 0 Å². The van der Waals surface area contributed by atoms with E-state index in [0.717, 1.165) is 60.8 Å². The number of halogens is 1. The first kappa shape index (κ1) is 21.0. The average Bonchev–Trinajstić information content (AvgIpc) is 3.52. The number of ether oxygens (including phenoxy) is 1. The number of hydrogen-bond donors (Lipinski definition) is 1. The van der Waals surface area contributed by atoms with Crippen molar-refractivity contribution in [3.8, 4) is 11.1 Å². The standard InChI is InChI=1S/C25H26FN3O2S/c26-20-9-6-10-21(28-11-4-5-12-28)23(20)27-24(30)22-17-19(18-7-2-1-3-8-18)25(32-22)29-13-15-31-16-14-29/h1-3,6-10,17H,4-5,11-16H2,(H,27,30). The maximum Gasteiger partial charge on any atom is 0.265 e. The van der Waals surface area contributed by atoms with E-state index in [4.69, 9.17) is 4.74 Å². The molecule has 1 aromatic heterocycles. The smallest absolute Gasteiger partial charge is 0.265 e. The number of benzene rings is 2. The van der Waals surface area contributed by atoms with Gasteiger partial charge in [0.15, 0.2) is 0 Å². The second kappa shape index (κ2) is 9.30. The first-order valence-electron chi connectivity index (χ1n) is 11.1. The summed E-state index contributed by atoms with van der Waals surface area (Å²) in [6.45, 7) is 4.67. The molecule has 1 amide bonds. The van der Waals surface area contributed by atoms with Gasteiger partial charge in [-0.05, 0) is 36.6 Å². The maximum absolute atomic E-state index is 14.8. The lowest BCUT2D eigenvalue weighted by Crippen LogP contribution is -2.35. The molecule has 1 N–H and O–H groups in total. The zero-order chi connectivity index (χ0) is 21.9. The van der Waals surface area contributed by atoms with Crippen molar-refractivity contribution >= 4 is 33.6 Å². The number of anilines is 3. The first-order valence-corrected chi connectivity index (χ1v) is 11.9. The summed E-state index contributed by atoms with van der Waals surface area (Å²) in [5.74, 6) is -0.687. The summed E-state index contributed by atoms with van der Waals surface area (Å²) >= 11 is 1.45. The quantitative estimate of drug-likeness (QED) is 0.576. The molecule has 5 rings (SSSR count). The third kappa shape index (κ3) is 4.23. The Labute approximate surface area is 191 Å². The number of thiophene rings is 1. The molecule has 2 aliphatic rings. The van der Waals surface area contributed by atoms with Crippen molar-refractivity contribution in [2.75, 3.05) is 54.5 Å². The Bertz CT molecular complexity index is 1090. The summed E-state index contributed by atoms with van der Waals surface area (Å²) in [5.41, 5.74) is 3.11. The molecule has 0 aliphatic carbocycles. The van der Waals surface area contributed by atoms with Gasteiger partial charge in [-0.15, -0.1) is 11.3 Å². The molecule has 0 radical (unpaired) electrons. The number of rotatable bonds is 5. The number of morpholine rings is 1. The van der Waals surface area contributed by atoms with Crippen molar-refractivity contribution in [3.63, 3.8) is 0 Å². The lowest BCUT2D eigenvalue weighted by molar-refractivity contribution is 0.103. The van der Waals surface area contributed by atoms with Crippen molar-refractivity contribution in [3.05, 3.63) is 65.3 Å². The topological polar surface area (TPSA) is 44.8 Å². The molecule has 0 saturated carbocycles. The van der Waals surface area contributed by atoms with Gasteiger partial charge in [-0.2, -0.15) is 0 Å². The van der Waals surface area contributed by atoms with Crippen molar-refractivity contribution in [2.24, 2.45) is 0 Å². The second-order valence-corrected chi connectivity index (χ2v) is 9.11. The van der Waals surface area contributed by atoms with Gasteiger partial charge in [-0.3, -0.25) is 4.79 Å². The summed E-state index contributed by atoms with van der Waals surface area (Å²) in [6.07, 6.45) is 2.16. The zero-order valence-electron chi connectivity index (χ0n) is 17.9. The monoisotopic (exact) mass is 451 g/mol. The Hall–Kier alpha value is -2.90. The van der Waals surface area contributed by atoms with Gasteiger partial charge in [0, 0.05) is 31.7 Å². The van der Waals surface area contributed by atoms with Crippen LogP contribution in [0.2, 0.25) is 0 Å². The van der Waals surface area contributed by atoms with Gasteiger partial charge in [0.2, 0.25) is 0 Å². The fourth-order valence-electron chi connectivity index (χ4n) is 4.35. The predicted octanol–water partition coefficient (Wildman–Crippen LogP) is 5.24. The zero-order valence-corrected chi connectivity index (χ0v) is 18.7. The van der Waals surface area contributed by atoms with Crippen LogP contribution in [0.15, 0.2) is 54.6 Å². The molecule has 2 aliphatic heterocycles. The Kier molecular flexibility index (Phi) is 6.10. The van der Waals surface area contributed by atoms with Gasteiger partial charge in [0.1, 0.15) is 11.5 Å². The summed E-state index contributed by atoms with van der Waals surface area (Å²) in [7, 11) is 0. The fourth-order valence-corrected chi connectivity index (χ4v) is 5.48. The molecule has 32 heavy (non-hydrogen) atoms. The summed E-state index contributed by atoms with van der Waals surface area (Å²) in [6, 6.07) is 17.0. The van der Waals surface area contributed by atoms with Gasteiger partial charge in [-0.1, -0.05) is 36.4 Å². The van der Waals surface area contributed by atoms with Crippen LogP contribution in [0.25, 0.3) is 11.1 Å². The molecule has 2 fully saturated rings.